The van der Waals surface area contributed by atoms with Gasteiger partial charge in [0.15, 0.2) is 5.82 Å². The molecule has 21 heavy (non-hydrogen) atoms. The molecule has 0 saturated heterocycles. The van der Waals surface area contributed by atoms with Crippen molar-refractivity contribution >= 4 is 5.84 Å². The van der Waals surface area contributed by atoms with Crippen molar-refractivity contribution in [2.45, 2.75) is 40.3 Å². The third kappa shape index (κ3) is 3.39. The van der Waals surface area contributed by atoms with Crippen molar-refractivity contribution in [3.8, 4) is 5.75 Å². The summed E-state index contributed by atoms with van der Waals surface area (Å²) in [5.74, 6) is 1.69. The summed E-state index contributed by atoms with van der Waals surface area (Å²) >= 11 is 0. The topological polar surface area (TPSA) is 89.8 Å². The van der Waals surface area contributed by atoms with Crippen LogP contribution in [-0.2, 0) is 13.2 Å². The normalized spacial score (nSPS) is 10.6. The summed E-state index contributed by atoms with van der Waals surface area (Å²) < 4.78 is 7.75. The van der Waals surface area contributed by atoms with Crippen molar-refractivity contribution in [1.82, 2.24) is 14.8 Å². The molecule has 0 radical (unpaired) electrons. The van der Waals surface area contributed by atoms with E-state index in [4.69, 9.17) is 15.9 Å². The van der Waals surface area contributed by atoms with Crippen LogP contribution in [-0.4, -0.2) is 20.6 Å². The Balaban J connectivity index is 2.16. The van der Waals surface area contributed by atoms with Gasteiger partial charge in [0.1, 0.15) is 24.5 Å². The zero-order valence-electron chi connectivity index (χ0n) is 12.7. The van der Waals surface area contributed by atoms with E-state index in [1.807, 2.05) is 30.7 Å². The number of aryl methyl sites for hydroxylation is 3. The third-order valence-electron chi connectivity index (χ3n) is 3.25. The lowest BCUT2D eigenvalue weighted by Gasteiger charge is -2.14. The minimum Gasteiger partial charge on any atom is -0.485 e. The van der Waals surface area contributed by atoms with Crippen LogP contribution in [0.5, 0.6) is 5.75 Å². The van der Waals surface area contributed by atoms with Gasteiger partial charge >= 0.3 is 0 Å². The molecule has 0 spiro atoms. The van der Waals surface area contributed by atoms with Gasteiger partial charge in [0, 0.05) is 12.1 Å². The Bertz CT molecular complexity index is 624. The number of ether oxygens (including phenoxy) is 1. The lowest BCUT2D eigenvalue weighted by molar-refractivity contribution is 0.282. The number of benzene rings is 1. The summed E-state index contributed by atoms with van der Waals surface area (Å²) in [6.07, 6.45) is 2.55. The summed E-state index contributed by atoms with van der Waals surface area (Å²) in [6, 6.07) is 3.73. The second-order valence-electron chi connectivity index (χ2n) is 5.04. The lowest BCUT2D eigenvalue weighted by atomic mass is 10.1. The van der Waals surface area contributed by atoms with E-state index in [1.165, 1.54) is 0 Å². The molecule has 0 aliphatic heterocycles. The first-order chi connectivity index (χ1) is 10.0. The molecule has 112 valence electrons. The monoisotopic (exact) mass is 287 g/mol. The molecule has 2 aromatic rings. The molecule has 0 unspecified atom stereocenters. The Morgan fingerprint density at radius 2 is 2.00 bits per heavy atom. The maximum Gasteiger partial charge on any atom is 0.164 e. The molecule has 6 nitrogen and oxygen atoms in total. The first-order valence-electron chi connectivity index (χ1n) is 6.98. The van der Waals surface area contributed by atoms with Crippen LogP contribution in [0.25, 0.3) is 0 Å². The van der Waals surface area contributed by atoms with Gasteiger partial charge in [-0.05, 0) is 43.5 Å². The van der Waals surface area contributed by atoms with Crippen molar-refractivity contribution in [3.05, 3.63) is 41.0 Å². The van der Waals surface area contributed by atoms with Crippen molar-refractivity contribution < 1.29 is 4.74 Å². The van der Waals surface area contributed by atoms with Crippen molar-refractivity contribution in [2.24, 2.45) is 5.73 Å². The highest BCUT2D eigenvalue weighted by Gasteiger charge is 2.10. The number of nitrogens with one attached hydrogen (secondary N) is 1. The predicted molar refractivity (Wildman–Crippen MR) is 81.6 cm³/mol. The Morgan fingerprint density at radius 1 is 1.33 bits per heavy atom. The fourth-order valence-corrected chi connectivity index (χ4v) is 2.27. The average molecular weight is 287 g/mol. The van der Waals surface area contributed by atoms with Crippen LogP contribution in [0.3, 0.4) is 0 Å². The van der Waals surface area contributed by atoms with E-state index in [0.29, 0.717) is 12.2 Å². The minimum atomic E-state index is 0.0652. The van der Waals surface area contributed by atoms with Crippen molar-refractivity contribution in [1.29, 1.82) is 5.41 Å². The fraction of sp³-hybridized carbons (Fsp3) is 0.400. The van der Waals surface area contributed by atoms with Crippen LogP contribution >= 0.6 is 0 Å². The van der Waals surface area contributed by atoms with Gasteiger partial charge in [-0.2, -0.15) is 5.10 Å². The third-order valence-corrected chi connectivity index (χ3v) is 3.25. The number of hydrogen-bond donors (Lipinski definition) is 2. The Hall–Kier alpha value is -2.37. The van der Waals surface area contributed by atoms with Gasteiger partial charge in [0.25, 0.3) is 0 Å². The van der Waals surface area contributed by atoms with E-state index in [2.05, 4.69) is 17.0 Å². The van der Waals surface area contributed by atoms with E-state index < -0.39 is 0 Å². The summed E-state index contributed by atoms with van der Waals surface area (Å²) in [5, 5.41) is 11.7. The quantitative estimate of drug-likeness (QED) is 0.629. The smallest absolute Gasteiger partial charge is 0.164 e. The second-order valence-corrected chi connectivity index (χ2v) is 5.04. The van der Waals surface area contributed by atoms with Gasteiger partial charge < -0.3 is 10.5 Å². The summed E-state index contributed by atoms with van der Waals surface area (Å²) in [5.41, 5.74) is 8.16. The van der Waals surface area contributed by atoms with Gasteiger partial charge in [-0.25, -0.2) is 9.67 Å². The number of aromatic nitrogens is 3. The van der Waals surface area contributed by atoms with Gasteiger partial charge in [-0.15, -0.1) is 0 Å². The zero-order valence-corrected chi connectivity index (χ0v) is 12.7. The Morgan fingerprint density at radius 3 is 2.57 bits per heavy atom. The van der Waals surface area contributed by atoms with Gasteiger partial charge in [0.2, 0.25) is 0 Å². The summed E-state index contributed by atoms with van der Waals surface area (Å²) in [7, 11) is 0. The second kappa shape index (κ2) is 6.39. The average Bonchev–Trinajstić information content (AvgIpc) is 2.85. The number of nitrogen functional groups attached to an aromatic ring is 1. The fourth-order valence-electron chi connectivity index (χ4n) is 2.27. The van der Waals surface area contributed by atoms with Crippen LogP contribution in [0.15, 0.2) is 18.5 Å². The maximum absolute atomic E-state index is 7.50. The van der Waals surface area contributed by atoms with Crippen LogP contribution in [0, 0.1) is 19.3 Å². The minimum absolute atomic E-state index is 0.0652. The molecule has 6 heteroatoms. The molecule has 0 aliphatic rings. The van der Waals surface area contributed by atoms with Crippen LogP contribution in [0.2, 0.25) is 0 Å². The highest BCUT2D eigenvalue weighted by molar-refractivity contribution is 5.95. The number of hydrogen-bond acceptors (Lipinski definition) is 4. The molecular formula is C15H21N5O. The van der Waals surface area contributed by atoms with Gasteiger partial charge in [0.05, 0.1) is 0 Å². The standard InChI is InChI=1S/C15H21N5O/c1-4-5-20-13(18-9-19-20)8-21-14-10(2)6-12(15(16)17)7-11(14)3/h6-7,9H,4-5,8H2,1-3H3,(H3,16,17). The summed E-state index contributed by atoms with van der Waals surface area (Å²) in [4.78, 5) is 4.23. The first kappa shape index (κ1) is 15.0. The highest BCUT2D eigenvalue weighted by Crippen LogP contribution is 2.25. The number of rotatable bonds is 6. The van der Waals surface area contributed by atoms with Gasteiger partial charge in [-0.3, -0.25) is 5.41 Å². The molecule has 1 heterocycles. The van der Waals surface area contributed by atoms with E-state index in [0.717, 1.165) is 35.7 Å². The molecule has 2 rings (SSSR count). The van der Waals surface area contributed by atoms with Crippen molar-refractivity contribution in [3.63, 3.8) is 0 Å². The SMILES string of the molecule is CCCn1ncnc1COc1c(C)cc(C(=N)N)cc1C. The van der Waals surface area contributed by atoms with Crippen LogP contribution in [0.1, 0.15) is 35.9 Å². The molecular weight excluding hydrogens is 266 g/mol. The van der Waals surface area contributed by atoms with E-state index >= 15 is 0 Å². The first-order valence-corrected chi connectivity index (χ1v) is 6.98. The lowest BCUT2D eigenvalue weighted by Crippen LogP contribution is -2.13. The number of nitrogens with zero attached hydrogens (tertiary/aromatic N) is 3. The van der Waals surface area contributed by atoms with Gasteiger partial charge in [-0.1, -0.05) is 6.92 Å². The number of amidine groups is 1. The largest absolute Gasteiger partial charge is 0.485 e. The molecule has 1 aromatic heterocycles. The van der Waals surface area contributed by atoms with Crippen LogP contribution in [0.4, 0.5) is 0 Å². The Labute approximate surface area is 124 Å². The van der Waals surface area contributed by atoms with E-state index in [1.54, 1.807) is 6.33 Å². The van der Waals surface area contributed by atoms with Crippen molar-refractivity contribution in [2.75, 3.05) is 0 Å². The maximum atomic E-state index is 7.50. The van der Waals surface area contributed by atoms with Crippen LogP contribution < -0.4 is 10.5 Å². The highest BCUT2D eigenvalue weighted by atomic mass is 16.5. The Kier molecular flexibility index (Phi) is 4.57. The predicted octanol–water partition coefficient (Wildman–Crippen LogP) is 2.17. The molecule has 3 N–H and O–H groups in total. The molecule has 0 atom stereocenters. The zero-order chi connectivity index (χ0) is 15.4. The molecule has 1 aromatic carbocycles. The summed E-state index contributed by atoms with van der Waals surface area (Å²) in [6.45, 7) is 7.21. The molecule has 0 bridgehead atoms. The molecule has 0 amide bonds. The van der Waals surface area contributed by atoms with E-state index in [9.17, 15) is 0 Å². The molecule has 0 saturated carbocycles. The molecule has 0 fully saturated rings. The number of nitrogens with two attached hydrogens (primary N) is 1. The van der Waals surface area contributed by atoms with E-state index in [-0.39, 0.29) is 5.84 Å². The molecule has 0 aliphatic carbocycles.